The van der Waals surface area contributed by atoms with Gasteiger partial charge in [0.1, 0.15) is 5.75 Å². The van der Waals surface area contributed by atoms with Gasteiger partial charge in [-0.15, -0.1) is 5.10 Å². The van der Waals surface area contributed by atoms with Crippen molar-refractivity contribution >= 4 is 11.9 Å². The predicted molar refractivity (Wildman–Crippen MR) is 108 cm³/mol. The summed E-state index contributed by atoms with van der Waals surface area (Å²) < 4.78 is 33.3. The summed E-state index contributed by atoms with van der Waals surface area (Å²) in [4.78, 5) is 28.0. The van der Waals surface area contributed by atoms with Gasteiger partial charge >= 0.3 is 5.97 Å². The molecule has 1 fully saturated rings. The number of hydrogen-bond acceptors (Lipinski definition) is 7. The molecule has 1 aliphatic heterocycles. The number of benzene rings is 2. The summed E-state index contributed by atoms with van der Waals surface area (Å²) in [6.45, 7) is 3.70. The Morgan fingerprint density at radius 2 is 1.78 bits per heavy atom. The highest BCUT2D eigenvalue weighted by molar-refractivity contribution is 5.97. The molecule has 1 aliphatic rings. The van der Waals surface area contributed by atoms with Crippen molar-refractivity contribution in [3.63, 3.8) is 0 Å². The van der Waals surface area contributed by atoms with Crippen LogP contribution in [0.1, 0.15) is 23.1 Å². The molecular formula is C21H20F2N6O3. The van der Waals surface area contributed by atoms with E-state index in [1.165, 1.54) is 17.7 Å². The standard InChI is InChI=1S/C21H20F2N6O3/c1-14(30)32-19-5-3-2-4-16(19)21(31)28-10-8-27(9-11-28)13-20-24-25-26-29(20)15-6-7-17(22)18(23)12-15/h2-7,12H,8-11,13H2,1H3. The van der Waals surface area contributed by atoms with E-state index in [1.54, 1.807) is 29.2 Å². The molecule has 1 aromatic heterocycles. The van der Waals surface area contributed by atoms with Crippen LogP contribution >= 0.6 is 0 Å². The van der Waals surface area contributed by atoms with E-state index >= 15 is 0 Å². The Morgan fingerprint density at radius 1 is 1.03 bits per heavy atom. The zero-order valence-corrected chi connectivity index (χ0v) is 17.2. The molecule has 3 aromatic rings. The first-order valence-electron chi connectivity index (χ1n) is 9.94. The summed E-state index contributed by atoms with van der Waals surface area (Å²) in [7, 11) is 0. The van der Waals surface area contributed by atoms with Gasteiger partial charge in [0.25, 0.3) is 5.91 Å². The van der Waals surface area contributed by atoms with Gasteiger partial charge in [-0.05, 0) is 34.7 Å². The van der Waals surface area contributed by atoms with Gasteiger partial charge < -0.3 is 9.64 Å². The lowest BCUT2D eigenvalue weighted by Gasteiger charge is -2.34. The molecule has 2 aromatic carbocycles. The van der Waals surface area contributed by atoms with Crippen LogP contribution in [0.25, 0.3) is 5.69 Å². The molecule has 0 saturated carbocycles. The number of amides is 1. The van der Waals surface area contributed by atoms with Gasteiger partial charge in [-0.2, -0.15) is 4.68 Å². The number of piperazine rings is 1. The molecule has 11 heteroatoms. The first kappa shape index (κ1) is 21.5. The fraction of sp³-hybridized carbons (Fsp3) is 0.286. The highest BCUT2D eigenvalue weighted by atomic mass is 19.2. The van der Waals surface area contributed by atoms with Crippen LogP contribution in [0.2, 0.25) is 0 Å². The Hall–Kier alpha value is -3.73. The monoisotopic (exact) mass is 442 g/mol. The first-order chi connectivity index (χ1) is 15.4. The van der Waals surface area contributed by atoms with Crippen molar-refractivity contribution in [2.24, 2.45) is 0 Å². The number of carbonyl (C=O) groups excluding carboxylic acids is 2. The number of para-hydroxylation sites is 1. The molecule has 0 N–H and O–H groups in total. The Labute approximate surface area is 182 Å². The lowest BCUT2D eigenvalue weighted by atomic mass is 10.1. The Kier molecular flexibility index (Phi) is 6.17. The maximum atomic E-state index is 13.6. The minimum Gasteiger partial charge on any atom is -0.426 e. The number of carbonyl (C=O) groups is 2. The average molecular weight is 442 g/mol. The molecule has 1 amide bonds. The van der Waals surface area contributed by atoms with Crippen molar-refractivity contribution in [3.05, 3.63) is 65.5 Å². The highest BCUT2D eigenvalue weighted by Gasteiger charge is 2.25. The topological polar surface area (TPSA) is 93.5 Å². The minimum absolute atomic E-state index is 0.215. The van der Waals surface area contributed by atoms with Crippen LogP contribution in [0.15, 0.2) is 42.5 Å². The van der Waals surface area contributed by atoms with Gasteiger partial charge in [-0.1, -0.05) is 12.1 Å². The fourth-order valence-electron chi connectivity index (χ4n) is 3.49. The molecule has 2 heterocycles. The molecule has 4 rings (SSSR count). The van der Waals surface area contributed by atoms with Crippen molar-refractivity contribution in [1.29, 1.82) is 0 Å². The molecule has 1 saturated heterocycles. The minimum atomic E-state index is -0.981. The van der Waals surface area contributed by atoms with Crippen LogP contribution in [0.5, 0.6) is 5.75 Å². The SMILES string of the molecule is CC(=O)Oc1ccccc1C(=O)N1CCN(Cc2nnnn2-c2ccc(F)c(F)c2)CC1. The van der Waals surface area contributed by atoms with E-state index in [2.05, 4.69) is 20.4 Å². The molecule has 0 unspecified atom stereocenters. The van der Waals surface area contributed by atoms with E-state index in [-0.39, 0.29) is 11.7 Å². The first-order valence-corrected chi connectivity index (χ1v) is 9.94. The summed E-state index contributed by atoms with van der Waals surface area (Å²) >= 11 is 0. The van der Waals surface area contributed by atoms with E-state index < -0.39 is 17.6 Å². The van der Waals surface area contributed by atoms with E-state index in [0.717, 1.165) is 12.1 Å². The third kappa shape index (κ3) is 4.62. The van der Waals surface area contributed by atoms with Crippen molar-refractivity contribution in [2.45, 2.75) is 13.5 Å². The van der Waals surface area contributed by atoms with Crippen LogP contribution in [0, 0.1) is 11.6 Å². The van der Waals surface area contributed by atoms with Crippen molar-refractivity contribution < 1.29 is 23.1 Å². The molecular weight excluding hydrogens is 422 g/mol. The smallest absolute Gasteiger partial charge is 0.308 e. The molecule has 9 nitrogen and oxygen atoms in total. The summed E-state index contributed by atoms with van der Waals surface area (Å²) in [5.74, 6) is -1.93. The van der Waals surface area contributed by atoms with Gasteiger partial charge in [0.15, 0.2) is 17.5 Å². The third-order valence-corrected chi connectivity index (χ3v) is 5.08. The van der Waals surface area contributed by atoms with Crippen LogP contribution in [-0.4, -0.2) is 68.1 Å². The Bertz CT molecular complexity index is 1140. The summed E-state index contributed by atoms with van der Waals surface area (Å²) in [5, 5.41) is 11.5. The lowest BCUT2D eigenvalue weighted by Crippen LogP contribution is -2.48. The van der Waals surface area contributed by atoms with Crippen LogP contribution < -0.4 is 4.74 Å². The summed E-state index contributed by atoms with van der Waals surface area (Å²) in [5.41, 5.74) is 0.651. The van der Waals surface area contributed by atoms with Crippen LogP contribution in [0.4, 0.5) is 8.78 Å². The second-order valence-electron chi connectivity index (χ2n) is 7.26. The molecule has 0 bridgehead atoms. The normalized spacial score (nSPS) is 14.4. The number of halogens is 2. The molecule has 166 valence electrons. The molecule has 0 spiro atoms. The number of nitrogens with zero attached hydrogens (tertiary/aromatic N) is 6. The van der Waals surface area contributed by atoms with E-state index in [4.69, 9.17) is 4.74 Å². The van der Waals surface area contributed by atoms with E-state index in [1.807, 2.05) is 0 Å². The molecule has 32 heavy (non-hydrogen) atoms. The highest BCUT2D eigenvalue weighted by Crippen LogP contribution is 2.21. The largest absolute Gasteiger partial charge is 0.426 e. The van der Waals surface area contributed by atoms with Gasteiger partial charge in [-0.3, -0.25) is 14.5 Å². The Balaban J connectivity index is 1.40. The maximum Gasteiger partial charge on any atom is 0.308 e. The molecule has 0 atom stereocenters. The van der Waals surface area contributed by atoms with Crippen molar-refractivity contribution in [3.8, 4) is 11.4 Å². The molecule has 0 aliphatic carbocycles. The van der Waals surface area contributed by atoms with Crippen LogP contribution in [0.3, 0.4) is 0 Å². The van der Waals surface area contributed by atoms with Gasteiger partial charge in [0, 0.05) is 39.2 Å². The van der Waals surface area contributed by atoms with E-state index in [0.29, 0.717) is 49.8 Å². The lowest BCUT2D eigenvalue weighted by molar-refractivity contribution is -0.131. The predicted octanol–water partition coefficient (Wildman–Crippen LogP) is 1.82. The van der Waals surface area contributed by atoms with Crippen molar-refractivity contribution in [1.82, 2.24) is 30.0 Å². The van der Waals surface area contributed by atoms with Crippen LogP contribution in [-0.2, 0) is 11.3 Å². The second kappa shape index (κ2) is 9.18. The van der Waals surface area contributed by atoms with E-state index in [9.17, 15) is 18.4 Å². The zero-order chi connectivity index (χ0) is 22.7. The maximum absolute atomic E-state index is 13.6. The third-order valence-electron chi connectivity index (χ3n) is 5.08. The number of rotatable bonds is 5. The van der Waals surface area contributed by atoms with Gasteiger partial charge in [-0.25, -0.2) is 8.78 Å². The number of esters is 1. The summed E-state index contributed by atoms with van der Waals surface area (Å²) in [6.07, 6.45) is 0. The number of hydrogen-bond donors (Lipinski definition) is 0. The number of aromatic nitrogens is 4. The quantitative estimate of drug-likeness (QED) is 0.440. The fourth-order valence-corrected chi connectivity index (χ4v) is 3.49. The zero-order valence-electron chi connectivity index (χ0n) is 17.2. The van der Waals surface area contributed by atoms with Crippen molar-refractivity contribution in [2.75, 3.05) is 26.2 Å². The molecule has 0 radical (unpaired) electrons. The van der Waals surface area contributed by atoms with Gasteiger partial charge in [0.05, 0.1) is 17.8 Å². The average Bonchev–Trinajstić information content (AvgIpc) is 3.24. The van der Waals surface area contributed by atoms with Gasteiger partial charge in [0.2, 0.25) is 0 Å². The Morgan fingerprint density at radius 3 is 2.50 bits per heavy atom. The number of tetrazole rings is 1. The second-order valence-corrected chi connectivity index (χ2v) is 7.26. The number of ether oxygens (including phenoxy) is 1. The summed E-state index contributed by atoms with van der Waals surface area (Å²) in [6, 6.07) is 10.1.